The molecule has 0 amide bonds. The quantitative estimate of drug-likeness (QED) is 0.0708. The predicted molar refractivity (Wildman–Crippen MR) is 165 cm³/mol. The van der Waals surface area contributed by atoms with E-state index >= 15 is 0 Å². The average molecular weight is 695 g/mol. The Morgan fingerprint density at radius 3 is 2.19 bits per heavy atom. The van der Waals surface area contributed by atoms with Gasteiger partial charge in [0.05, 0.1) is 30.9 Å². The summed E-state index contributed by atoms with van der Waals surface area (Å²) in [7, 11) is 1.75. The Morgan fingerprint density at radius 2 is 1.54 bits per heavy atom. The Morgan fingerprint density at radius 1 is 0.875 bits per heavy atom. The molecule has 278 valence electrons. The smallest absolute Gasteiger partial charge is 0.187 e. The number of carbonyl (C=O) groups is 1. The number of ether oxygens (including phenoxy) is 6. The highest BCUT2D eigenvalue weighted by Crippen LogP contribution is 2.37. The molecule has 1 saturated carbocycles. The lowest BCUT2D eigenvalue weighted by molar-refractivity contribution is -0.286. The second-order valence-corrected chi connectivity index (χ2v) is 12.8. The molecule has 18 atom stereocenters. The minimum atomic E-state index is -1.62. The number of Topliss-reactive ketones (excluding diaryl/α,β-unsaturated/α-hetero) is 1. The topological polar surface area (TPSA) is 336 Å². The van der Waals surface area contributed by atoms with Crippen molar-refractivity contribution in [1.29, 1.82) is 0 Å². The number of ketones is 1. The maximum absolute atomic E-state index is 12.8. The molecule has 0 aromatic heterocycles. The second kappa shape index (κ2) is 17.8. The molecule has 0 radical (unpaired) electrons. The van der Waals surface area contributed by atoms with E-state index in [1.807, 2.05) is 0 Å². The van der Waals surface area contributed by atoms with Gasteiger partial charge in [-0.25, -0.2) is 0 Å². The van der Waals surface area contributed by atoms with Crippen molar-refractivity contribution in [2.75, 3.05) is 33.3 Å². The van der Waals surface area contributed by atoms with Crippen LogP contribution in [0.5, 0.6) is 0 Å². The number of nitrogens with one attached hydrogen (secondary N) is 1. The first-order valence-corrected chi connectivity index (χ1v) is 16.3. The Labute approximate surface area is 278 Å². The van der Waals surface area contributed by atoms with E-state index in [0.717, 1.165) is 0 Å². The third-order valence-electron chi connectivity index (χ3n) is 9.32. The van der Waals surface area contributed by atoms with Gasteiger partial charge in [0.15, 0.2) is 24.7 Å². The highest BCUT2D eigenvalue weighted by molar-refractivity contribution is 5.83. The lowest BCUT2D eigenvalue weighted by Crippen LogP contribution is -2.64. The monoisotopic (exact) mass is 694 g/mol. The first kappa shape index (κ1) is 39.5. The fraction of sp³-hybridized carbons (Fsp3) is 0.897. The van der Waals surface area contributed by atoms with E-state index in [2.05, 4.69) is 5.32 Å². The van der Waals surface area contributed by atoms with E-state index in [4.69, 9.17) is 57.1 Å². The van der Waals surface area contributed by atoms with Crippen LogP contribution in [0.25, 0.3) is 0 Å². The molecule has 0 spiro atoms. The lowest BCUT2D eigenvalue weighted by atomic mass is 9.76. The summed E-state index contributed by atoms with van der Waals surface area (Å²) in [6, 6.07) is -2.80. The van der Waals surface area contributed by atoms with Crippen LogP contribution in [-0.4, -0.2) is 174 Å². The van der Waals surface area contributed by atoms with Gasteiger partial charge in [-0.3, -0.25) is 4.79 Å². The summed E-state index contributed by atoms with van der Waals surface area (Å²) in [6.45, 7) is -0.277. The average Bonchev–Trinajstić information content (AvgIpc) is 3.36. The fourth-order valence-corrected chi connectivity index (χ4v) is 6.54. The second-order valence-electron chi connectivity index (χ2n) is 12.8. The molecule has 17 N–H and O–H groups in total. The third kappa shape index (κ3) is 8.94. The summed E-state index contributed by atoms with van der Waals surface area (Å²) in [4.78, 5) is 12.8. The fourth-order valence-electron chi connectivity index (χ4n) is 6.54. The van der Waals surface area contributed by atoms with Crippen LogP contribution in [0.3, 0.4) is 0 Å². The molecule has 19 nitrogen and oxygen atoms in total. The van der Waals surface area contributed by atoms with E-state index in [-0.39, 0.29) is 38.5 Å². The van der Waals surface area contributed by atoms with Crippen molar-refractivity contribution in [3.8, 4) is 0 Å². The minimum Gasteiger partial charge on any atom is -0.394 e. The number of carbonyl (C=O) groups excluding carboxylic acids is 1. The number of likely N-dealkylation sites (N-methyl/N-ethyl adjacent to an activating group) is 1. The summed E-state index contributed by atoms with van der Waals surface area (Å²) in [5, 5.41) is 66.9. The Bertz CT molecular complexity index is 1050. The first-order chi connectivity index (χ1) is 22.8. The molecule has 3 fully saturated rings. The number of hydrogen-bond acceptors (Lipinski definition) is 19. The predicted octanol–water partition coefficient (Wildman–Crippen LogP) is -6.84. The maximum atomic E-state index is 12.8. The lowest BCUT2D eigenvalue weighted by Gasteiger charge is -2.46. The van der Waals surface area contributed by atoms with Gasteiger partial charge < -0.3 is 93.0 Å². The molecular formula is C29H54N6O13. The van der Waals surface area contributed by atoms with Gasteiger partial charge in [-0.05, 0) is 32.4 Å². The van der Waals surface area contributed by atoms with E-state index in [9.17, 15) is 35.4 Å². The van der Waals surface area contributed by atoms with E-state index in [1.54, 1.807) is 19.2 Å². The number of aliphatic hydroxyl groups is 6. The summed E-state index contributed by atoms with van der Waals surface area (Å²) >= 11 is 0. The summed E-state index contributed by atoms with van der Waals surface area (Å²) < 4.78 is 35.7. The van der Waals surface area contributed by atoms with Gasteiger partial charge in [0.1, 0.15) is 54.9 Å². The molecule has 3 heterocycles. The zero-order valence-electron chi connectivity index (χ0n) is 26.9. The minimum absolute atomic E-state index is 0.0417. The van der Waals surface area contributed by atoms with Crippen LogP contribution in [0.2, 0.25) is 0 Å². The van der Waals surface area contributed by atoms with Crippen molar-refractivity contribution >= 4 is 5.78 Å². The normalized spacial score (nSPS) is 45.7. The molecule has 0 aromatic rings. The van der Waals surface area contributed by atoms with Crippen molar-refractivity contribution < 1.29 is 63.9 Å². The van der Waals surface area contributed by atoms with E-state index in [0.29, 0.717) is 6.54 Å². The van der Waals surface area contributed by atoms with Gasteiger partial charge in [0.2, 0.25) is 0 Å². The van der Waals surface area contributed by atoms with Gasteiger partial charge in [0, 0.05) is 25.6 Å². The Hall–Kier alpha value is -1.31. The van der Waals surface area contributed by atoms with E-state index < -0.39 is 116 Å². The number of rotatable bonds is 15. The molecule has 2 saturated heterocycles. The molecule has 0 bridgehead atoms. The van der Waals surface area contributed by atoms with Crippen LogP contribution in [0, 0.1) is 5.92 Å². The van der Waals surface area contributed by atoms with Gasteiger partial charge in [-0.1, -0.05) is 12.2 Å². The van der Waals surface area contributed by atoms with Crippen LogP contribution >= 0.6 is 0 Å². The van der Waals surface area contributed by atoms with Crippen LogP contribution in [0.1, 0.15) is 19.3 Å². The van der Waals surface area contributed by atoms with Crippen LogP contribution < -0.4 is 34.0 Å². The van der Waals surface area contributed by atoms with Crippen molar-refractivity contribution in [2.45, 2.75) is 123 Å². The van der Waals surface area contributed by atoms with Gasteiger partial charge in [-0.15, -0.1) is 0 Å². The van der Waals surface area contributed by atoms with Gasteiger partial charge in [-0.2, -0.15) is 0 Å². The number of aliphatic hydroxyl groups excluding tert-OH is 6. The summed E-state index contributed by atoms with van der Waals surface area (Å²) in [6.07, 6.45) is -14.1. The Balaban J connectivity index is 1.55. The highest BCUT2D eigenvalue weighted by atomic mass is 16.8. The maximum Gasteiger partial charge on any atom is 0.187 e. The van der Waals surface area contributed by atoms with E-state index in [1.165, 1.54) is 0 Å². The van der Waals surface area contributed by atoms with Crippen molar-refractivity contribution in [1.82, 2.24) is 5.32 Å². The molecule has 4 aliphatic rings. The van der Waals surface area contributed by atoms with Gasteiger partial charge >= 0.3 is 0 Å². The van der Waals surface area contributed by atoms with Crippen LogP contribution in [0.15, 0.2) is 12.2 Å². The molecule has 1 aliphatic carbocycles. The molecule has 4 rings (SSSR count). The SMILES string of the molecule is CNC[C@@H]1C=C[C@@H](N)[C@@H](O[C@H]2[C@H](O[C@@H]3O[C@H](CO)[C@@H](O[C@H]4O[C@@H](CN)[C@@H](O)[C@H](O)[C@H]4N)[C@H]3O)[C@@H](O)[C@H](CC(=O)[C@@H](O)CCN)C[C@@H]2N)O1. The summed E-state index contributed by atoms with van der Waals surface area (Å²) in [5.74, 6) is -1.33. The zero-order valence-corrected chi connectivity index (χ0v) is 26.9. The number of nitrogens with two attached hydrogens (primary N) is 5. The Kier molecular flexibility index (Phi) is 14.6. The van der Waals surface area contributed by atoms with Crippen molar-refractivity contribution in [3.63, 3.8) is 0 Å². The van der Waals surface area contributed by atoms with Crippen molar-refractivity contribution in [3.05, 3.63) is 12.2 Å². The first-order valence-electron chi connectivity index (χ1n) is 16.3. The third-order valence-corrected chi connectivity index (χ3v) is 9.32. The molecule has 0 unspecified atom stereocenters. The zero-order chi connectivity index (χ0) is 35.3. The molecule has 3 aliphatic heterocycles. The summed E-state index contributed by atoms with van der Waals surface area (Å²) in [5.41, 5.74) is 30.0. The standard InChI is InChI=1S/C29H54N6O13/c1-35-9-12-2-3-13(32)27(43-12)46-24-14(33)6-11(7-16(38)15(37)4-5-30)20(39)26(24)48-29-23(42)25(18(10-36)45-29)47-28-19(34)22(41)21(40)17(8-31)44-28/h2-3,11-15,17-29,35-37,39-42H,4-10,30-34H2,1H3/t11-,12-,13+,14-,15-,17-,18+,19+,20-,21+,22+,23+,24+,25+,26+,27+,28+,29-/m0/s1. The van der Waals surface area contributed by atoms with Crippen LogP contribution in [-0.2, 0) is 33.2 Å². The molecule has 19 heteroatoms. The van der Waals surface area contributed by atoms with Crippen LogP contribution in [0.4, 0.5) is 0 Å². The molecular weight excluding hydrogens is 640 g/mol. The van der Waals surface area contributed by atoms with Crippen molar-refractivity contribution in [2.24, 2.45) is 34.6 Å². The highest BCUT2D eigenvalue weighted by Gasteiger charge is 2.54. The molecule has 48 heavy (non-hydrogen) atoms. The number of hydrogen-bond donors (Lipinski definition) is 12. The van der Waals surface area contributed by atoms with Gasteiger partial charge in [0.25, 0.3) is 0 Å². The molecule has 0 aromatic carbocycles. The largest absolute Gasteiger partial charge is 0.394 e.